The number of thiazole rings is 1. The molecule has 1 saturated heterocycles. The van der Waals surface area contributed by atoms with Gasteiger partial charge in [-0.05, 0) is 36.2 Å². The van der Waals surface area contributed by atoms with Gasteiger partial charge in [0, 0.05) is 25.1 Å². The quantitative estimate of drug-likeness (QED) is 0.538. The number of rotatable bonds is 7. The minimum Gasteiger partial charge on any atom is -0.493 e. The van der Waals surface area contributed by atoms with Crippen molar-refractivity contribution in [3.05, 3.63) is 64.8 Å². The fourth-order valence-corrected chi connectivity index (χ4v) is 4.89. The van der Waals surface area contributed by atoms with Gasteiger partial charge >= 0.3 is 0 Å². The first kappa shape index (κ1) is 23.7. The first-order valence-corrected chi connectivity index (χ1v) is 11.8. The molecule has 2 atom stereocenters. The molecule has 1 aromatic heterocycles. The minimum absolute atomic E-state index is 0.0914. The van der Waals surface area contributed by atoms with Crippen molar-refractivity contribution in [3.8, 4) is 21.9 Å². The summed E-state index contributed by atoms with van der Waals surface area (Å²) in [5.74, 6) is 0.284. The third-order valence-electron chi connectivity index (χ3n) is 5.90. The molecule has 2 aromatic carbocycles. The number of β-amino-alcohol motifs (C(OH)–C–C–N with tert-alkyl or cyclic N) is 1. The zero-order valence-electron chi connectivity index (χ0n) is 19.3. The molecule has 0 saturated carbocycles. The second-order valence-corrected chi connectivity index (χ2v) is 8.97. The highest BCUT2D eigenvalue weighted by Crippen LogP contribution is 2.30. The Bertz CT molecular complexity index is 1180. The van der Waals surface area contributed by atoms with Gasteiger partial charge in [-0.3, -0.25) is 9.59 Å². The van der Waals surface area contributed by atoms with Crippen LogP contribution < -0.4 is 14.8 Å². The average Bonchev–Trinajstić information content (AvgIpc) is 3.47. The zero-order valence-corrected chi connectivity index (χ0v) is 20.1. The number of likely N-dealkylation sites (tertiary alicyclic amines) is 1. The summed E-state index contributed by atoms with van der Waals surface area (Å²) in [7, 11) is 3.01. The van der Waals surface area contributed by atoms with E-state index in [1.807, 2.05) is 36.7 Å². The predicted octanol–water partition coefficient (Wildman–Crippen LogP) is 3.03. The van der Waals surface area contributed by atoms with Crippen LogP contribution in [0.25, 0.3) is 10.4 Å². The van der Waals surface area contributed by atoms with Crippen LogP contribution in [0.15, 0.2) is 48.0 Å². The van der Waals surface area contributed by atoms with Crippen LogP contribution in [-0.2, 0) is 11.3 Å². The Morgan fingerprint density at radius 3 is 2.53 bits per heavy atom. The van der Waals surface area contributed by atoms with E-state index in [4.69, 9.17) is 9.47 Å². The Balaban J connectivity index is 1.43. The number of nitrogens with zero attached hydrogens (tertiary/aromatic N) is 2. The summed E-state index contributed by atoms with van der Waals surface area (Å²) in [4.78, 5) is 32.9. The number of methoxy groups -OCH3 is 2. The number of aryl methyl sites for hydroxylation is 1. The molecule has 0 unspecified atom stereocenters. The number of aromatic nitrogens is 1. The van der Waals surface area contributed by atoms with E-state index >= 15 is 0 Å². The summed E-state index contributed by atoms with van der Waals surface area (Å²) in [5, 5.41) is 13.1. The van der Waals surface area contributed by atoms with E-state index in [-0.39, 0.29) is 24.8 Å². The zero-order chi connectivity index (χ0) is 24.2. The van der Waals surface area contributed by atoms with Crippen LogP contribution in [0.1, 0.15) is 28.0 Å². The summed E-state index contributed by atoms with van der Waals surface area (Å²) in [6.07, 6.45) is -0.573. The molecule has 0 radical (unpaired) electrons. The molecule has 3 aromatic rings. The van der Waals surface area contributed by atoms with E-state index in [1.54, 1.807) is 29.5 Å². The monoisotopic (exact) mass is 481 g/mol. The minimum atomic E-state index is -0.762. The summed E-state index contributed by atoms with van der Waals surface area (Å²) in [5.41, 5.74) is 5.20. The van der Waals surface area contributed by atoms with Crippen molar-refractivity contribution < 1.29 is 24.2 Å². The van der Waals surface area contributed by atoms with Crippen molar-refractivity contribution in [2.45, 2.75) is 32.0 Å². The number of carbonyl (C=O) groups excluding carboxylic acids is 2. The Hall–Kier alpha value is -3.43. The topological polar surface area (TPSA) is 101 Å². The predicted molar refractivity (Wildman–Crippen MR) is 129 cm³/mol. The third kappa shape index (κ3) is 4.90. The van der Waals surface area contributed by atoms with Gasteiger partial charge in [-0.2, -0.15) is 0 Å². The lowest BCUT2D eigenvalue weighted by atomic mass is 10.1. The van der Waals surface area contributed by atoms with Crippen molar-refractivity contribution >= 4 is 23.2 Å². The van der Waals surface area contributed by atoms with E-state index in [9.17, 15) is 14.7 Å². The van der Waals surface area contributed by atoms with Gasteiger partial charge in [-0.1, -0.05) is 24.3 Å². The van der Waals surface area contributed by atoms with E-state index < -0.39 is 12.1 Å². The van der Waals surface area contributed by atoms with Gasteiger partial charge in [0.15, 0.2) is 11.5 Å². The number of hydrogen-bond acceptors (Lipinski definition) is 7. The normalized spacial score (nSPS) is 17.5. The van der Waals surface area contributed by atoms with Crippen LogP contribution >= 0.6 is 11.3 Å². The molecule has 1 aliphatic heterocycles. The second-order valence-electron chi connectivity index (χ2n) is 8.11. The lowest BCUT2D eigenvalue weighted by molar-refractivity contribution is -0.125. The second kappa shape index (κ2) is 10.2. The molecular weight excluding hydrogens is 454 g/mol. The number of hydrogen-bond donors (Lipinski definition) is 2. The molecule has 1 fully saturated rings. The summed E-state index contributed by atoms with van der Waals surface area (Å²) < 4.78 is 10.5. The number of carbonyl (C=O) groups is 2. The lowest BCUT2D eigenvalue weighted by Crippen LogP contribution is -2.45. The van der Waals surface area contributed by atoms with E-state index in [1.165, 1.54) is 19.1 Å². The molecule has 2 N–H and O–H groups in total. The Morgan fingerprint density at radius 1 is 1.15 bits per heavy atom. The smallest absolute Gasteiger partial charge is 0.254 e. The van der Waals surface area contributed by atoms with Crippen molar-refractivity contribution in [2.75, 3.05) is 20.8 Å². The standard InChI is InChI=1S/C25H27N3O5S/c1-15-23(34-14-27-15)17-6-4-16(5-7-17)12-26-24(30)20-11-19(29)13-28(20)25(31)18-8-9-21(32-2)22(10-18)33-3/h4-10,14,19-20,29H,11-13H2,1-3H3,(H,26,30)/t19-,20+/m1/s1. The van der Waals surface area contributed by atoms with E-state index in [0.29, 0.717) is 23.6 Å². The Kier molecular flexibility index (Phi) is 7.14. The number of aliphatic hydroxyl groups excluding tert-OH is 1. The highest BCUT2D eigenvalue weighted by molar-refractivity contribution is 7.13. The first-order chi connectivity index (χ1) is 16.4. The van der Waals surface area contributed by atoms with Gasteiger partial charge in [-0.15, -0.1) is 11.3 Å². The van der Waals surface area contributed by atoms with Crippen molar-refractivity contribution in [2.24, 2.45) is 0 Å². The molecule has 34 heavy (non-hydrogen) atoms. The number of aliphatic hydroxyl groups is 1. The number of ether oxygens (including phenoxy) is 2. The van der Waals surface area contributed by atoms with Crippen LogP contribution in [0.3, 0.4) is 0 Å². The Morgan fingerprint density at radius 2 is 1.88 bits per heavy atom. The highest BCUT2D eigenvalue weighted by Gasteiger charge is 2.39. The average molecular weight is 482 g/mol. The van der Waals surface area contributed by atoms with Gasteiger partial charge in [0.25, 0.3) is 5.91 Å². The number of nitrogens with one attached hydrogen (secondary N) is 1. The molecule has 9 heteroatoms. The SMILES string of the molecule is COc1ccc(C(=O)N2C[C@H](O)C[C@H]2C(=O)NCc2ccc(-c3scnc3C)cc2)cc1OC. The maximum Gasteiger partial charge on any atom is 0.254 e. The van der Waals surface area contributed by atoms with Gasteiger partial charge in [0.1, 0.15) is 6.04 Å². The van der Waals surface area contributed by atoms with E-state index in [2.05, 4.69) is 10.3 Å². The van der Waals surface area contributed by atoms with Gasteiger partial charge in [0.05, 0.1) is 36.4 Å². The van der Waals surface area contributed by atoms with Crippen LogP contribution in [0.5, 0.6) is 11.5 Å². The molecule has 0 aliphatic carbocycles. The van der Waals surface area contributed by atoms with Gasteiger partial charge in [0.2, 0.25) is 5.91 Å². The Labute approximate surface area is 202 Å². The van der Waals surface area contributed by atoms with Crippen molar-refractivity contribution in [3.63, 3.8) is 0 Å². The van der Waals surface area contributed by atoms with Crippen LogP contribution in [-0.4, -0.2) is 59.7 Å². The van der Waals surface area contributed by atoms with Crippen molar-refractivity contribution in [1.29, 1.82) is 0 Å². The maximum absolute atomic E-state index is 13.2. The van der Waals surface area contributed by atoms with Gasteiger partial charge in [-0.25, -0.2) is 4.98 Å². The van der Waals surface area contributed by atoms with Crippen LogP contribution in [0.2, 0.25) is 0 Å². The highest BCUT2D eigenvalue weighted by atomic mass is 32.1. The number of benzene rings is 2. The summed E-state index contributed by atoms with van der Waals surface area (Å²) in [6, 6.07) is 12.0. The third-order valence-corrected chi connectivity index (χ3v) is 6.88. The molecule has 2 heterocycles. The van der Waals surface area contributed by atoms with Crippen LogP contribution in [0, 0.1) is 6.92 Å². The van der Waals surface area contributed by atoms with Crippen molar-refractivity contribution in [1.82, 2.24) is 15.2 Å². The molecule has 178 valence electrons. The van der Waals surface area contributed by atoms with Gasteiger partial charge < -0.3 is 24.8 Å². The molecule has 2 amide bonds. The fourth-order valence-electron chi connectivity index (χ4n) is 4.08. The summed E-state index contributed by atoms with van der Waals surface area (Å²) in [6.45, 7) is 2.39. The van der Waals surface area contributed by atoms with Crippen LogP contribution in [0.4, 0.5) is 0 Å². The largest absolute Gasteiger partial charge is 0.493 e. The van der Waals surface area contributed by atoms with E-state index in [0.717, 1.165) is 21.7 Å². The summed E-state index contributed by atoms with van der Waals surface area (Å²) >= 11 is 1.59. The molecule has 0 bridgehead atoms. The molecule has 4 rings (SSSR count). The molecular formula is C25H27N3O5S. The fraction of sp³-hybridized carbons (Fsp3) is 0.320. The lowest BCUT2D eigenvalue weighted by Gasteiger charge is -2.24. The molecule has 8 nitrogen and oxygen atoms in total. The maximum atomic E-state index is 13.2. The first-order valence-electron chi connectivity index (χ1n) is 10.9. The molecule has 0 spiro atoms. The molecule has 1 aliphatic rings. The number of amides is 2.